The van der Waals surface area contributed by atoms with Crippen LogP contribution in [-0.4, -0.2) is 19.0 Å². The zero-order valence-corrected chi connectivity index (χ0v) is 9.37. The Morgan fingerprint density at radius 1 is 1.47 bits per heavy atom. The number of nitrogens with zero attached hydrogens (tertiary/aromatic N) is 1. The molecular weight excluding hydrogens is 219 g/mol. The number of benzene rings is 1. The highest BCUT2D eigenvalue weighted by molar-refractivity contribution is 5.95. The Morgan fingerprint density at radius 3 is 2.94 bits per heavy atom. The van der Waals surface area contributed by atoms with E-state index in [1.807, 2.05) is 0 Å². The fraction of sp³-hybridized carbons (Fsp3) is 0.308. The van der Waals surface area contributed by atoms with Crippen LogP contribution < -0.4 is 10.6 Å². The van der Waals surface area contributed by atoms with Gasteiger partial charge in [0.2, 0.25) is 5.91 Å². The molecule has 0 spiro atoms. The fourth-order valence-corrected chi connectivity index (χ4v) is 1.84. The van der Waals surface area contributed by atoms with Gasteiger partial charge in [-0.15, -0.1) is 0 Å². The summed E-state index contributed by atoms with van der Waals surface area (Å²) in [6, 6.07) is 4.54. The minimum absolute atomic E-state index is 0.0781. The standard InChI is InChI=1S/C13H13FN2O/c14-12-6-5-11(9-10(12)3-1-7-15)16-8-2-4-13(16)17/h5-6,9H,2,4,7-8,15H2. The highest BCUT2D eigenvalue weighted by Gasteiger charge is 2.22. The summed E-state index contributed by atoms with van der Waals surface area (Å²) >= 11 is 0. The second-order valence-electron chi connectivity index (χ2n) is 3.82. The van der Waals surface area contributed by atoms with E-state index in [2.05, 4.69) is 11.8 Å². The van der Waals surface area contributed by atoms with Crippen LogP contribution in [0.15, 0.2) is 18.2 Å². The van der Waals surface area contributed by atoms with E-state index in [0.717, 1.165) is 6.42 Å². The van der Waals surface area contributed by atoms with Crippen LogP contribution >= 0.6 is 0 Å². The van der Waals surface area contributed by atoms with Crippen LogP contribution in [0.3, 0.4) is 0 Å². The number of hydrogen-bond acceptors (Lipinski definition) is 2. The Labute approximate surface area is 99.4 Å². The topological polar surface area (TPSA) is 46.3 Å². The van der Waals surface area contributed by atoms with E-state index in [1.54, 1.807) is 17.0 Å². The Balaban J connectivity index is 2.33. The molecule has 1 heterocycles. The molecule has 1 saturated heterocycles. The third-order valence-corrected chi connectivity index (χ3v) is 2.66. The molecular formula is C13H13FN2O. The van der Waals surface area contributed by atoms with Crippen molar-refractivity contribution in [1.82, 2.24) is 0 Å². The lowest BCUT2D eigenvalue weighted by atomic mass is 10.2. The maximum Gasteiger partial charge on any atom is 0.227 e. The van der Waals surface area contributed by atoms with E-state index in [4.69, 9.17) is 5.73 Å². The summed E-state index contributed by atoms with van der Waals surface area (Å²) < 4.78 is 13.4. The zero-order valence-electron chi connectivity index (χ0n) is 9.37. The van der Waals surface area contributed by atoms with Crippen LogP contribution in [0, 0.1) is 17.7 Å². The molecule has 1 aliphatic heterocycles. The number of rotatable bonds is 1. The van der Waals surface area contributed by atoms with E-state index in [0.29, 0.717) is 18.7 Å². The molecule has 4 heteroatoms. The fourth-order valence-electron chi connectivity index (χ4n) is 1.84. The number of anilines is 1. The van der Waals surface area contributed by atoms with Gasteiger partial charge in [-0.3, -0.25) is 4.79 Å². The van der Waals surface area contributed by atoms with E-state index in [9.17, 15) is 9.18 Å². The molecule has 1 fully saturated rings. The summed E-state index contributed by atoms with van der Waals surface area (Å²) in [6.45, 7) is 0.876. The van der Waals surface area contributed by atoms with Crippen molar-refractivity contribution < 1.29 is 9.18 Å². The van der Waals surface area contributed by atoms with Gasteiger partial charge in [-0.05, 0) is 24.6 Å². The first-order chi connectivity index (χ1) is 8.22. The molecule has 3 nitrogen and oxygen atoms in total. The molecule has 0 radical (unpaired) electrons. The van der Waals surface area contributed by atoms with Crippen molar-refractivity contribution >= 4 is 11.6 Å². The lowest BCUT2D eigenvalue weighted by Crippen LogP contribution is -2.23. The summed E-state index contributed by atoms with van der Waals surface area (Å²) in [4.78, 5) is 13.2. The second-order valence-corrected chi connectivity index (χ2v) is 3.82. The number of carbonyl (C=O) groups is 1. The minimum Gasteiger partial charge on any atom is -0.320 e. The number of hydrogen-bond donors (Lipinski definition) is 1. The largest absolute Gasteiger partial charge is 0.320 e. The molecule has 0 unspecified atom stereocenters. The Hall–Kier alpha value is -1.86. The second kappa shape index (κ2) is 4.98. The number of halogens is 1. The molecule has 1 aromatic rings. The molecule has 1 aliphatic rings. The van der Waals surface area contributed by atoms with Crippen LogP contribution in [-0.2, 0) is 4.79 Å². The van der Waals surface area contributed by atoms with Crippen LogP contribution in [0.5, 0.6) is 0 Å². The molecule has 1 amide bonds. The van der Waals surface area contributed by atoms with Crippen molar-refractivity contribution in [2.45, 2.75) is 12.8 Å². The lowest BCUT2D eigenvalue weighted by Gasteiger charge is -2.15. The van der Waals surface area contributed by atoms with Crippen LogP contribution in [0.25, 0.3) is 0 Å². The van der Waals surface area contributed by atoms with Gasteiger partial charge in [0.15, 0.2) is 0 Å². The van der Waals surface area contributed by atoms with Gasteiger partial charge in [-0.2, -0.15) is 0 Å². The molecule has 0 saturated carbocycles. The third kappa shape index (κ3) is 2.45. The number of nitrogens with two attached hydrogens (primary N) is 1. The van der Waals surface area contributed by atoms with Gasteiger partial charge in [-0.1, -0.05) is 11.8 Å². The summed E-state index contributed by atoms with van der Waals surface area (Å²) in [5.41, 5.74) is 6.24. The van der Waals surface area contributed by atoms with E-state index in [-0.39, 0.29) is 23.8 Å². The minimum atomic E-state index is -0.388. The van der Waals surface area contributed by atoms with Crippen molar-refractivity contribution in [2.75, 3.05) is 18.0 Å². The van der Waals surface area contributed by atoms with Crippen LogP contribution in [0.4, 0.5) is 10.1 Å². The monoisotopic (exact) mass is 232 g/mol. The average molecular weight is 232 g/mol. The molecule has 88 valence electrons. The predicted octanol–water partition coefficient (Wildman–Crippen LogP) is 1.26. The summed E-state index contributed by atoms with van der Waals surface area (Å²) in [5, 5.41) is 0. The molecule has 0 atom stereocenters. The van der Waals surface area contributed by atoms with Crippen molar-refractivity contribution in [3.63, 3.8) is 0 Å². The van der Waals surface area contributed by atoms with Crippen LogP contribution in [0.1, 0.15) is 18.4 Å². The Bertz CT molecular complexity index is 502. The van der Waals surface area contributed by atoms with Gasteiger partial charge in [0.05, 0.1) is 12.1 Å². The Kier molecular flexibility index (Phi) is 3.40. The summed E-state index contributed by atoms with van der Waals surface area (Å²) in [6.07, 6.45) is 1.40. The first-order valence-electron chi connectivity index (χ1n) is 5.51. The van der Waals surface area contributed by atoms with Gasteiger partial charge < -0.3 is 10.6 Å². The van der Waals surface area contributed by atoms with E-state index >= 15 is 0 Å². The van der Waals surface area contributed by atoms with Crippen molar-refractivity contribution in [2.24, 2.45) is 5.73 Å². The molecule has 1 aromatic carbocycles. The molecule has 2 rings (SSSR count). The summed E-state index contributed by atoms with van der Waals surface area (Å²) in [5.74, 6) is 4.96. The lowest BCUT2D eigenvalue weighted by molar-refractivity contribution is -0.117. The van der Waals surface area contributed by atoms with E-state index in [1.165, 1.54) is 6.07 Å². The highest BCUT2D eigenvalue weighted by atomic mass is 19.1. The first kappa shape index (κ1) is 11.6. The van der Waals surface area contributed by atoms with Crippen molar-refractivity contribution in [1.29, 1.82) is 0 Å². The molecule has 17 heavy (non-hydrogen) atoms. The quantitative estimate of drug-likeness (QED) is 0.741. The molecule has 0 aromatic heterocycles. The SMILES string of the molecule is NCC#Cc1cc(N2CCCC2=O)ccc1F. The highest BCUT2D eigenvalue weighted by Crippen LogP contribution is 2.23. The van der Waals surface area contributed by atoms with Gasteiger partial charge in [0.25, 0.3) is 0 Å². The normalized spacial score (nSPS) is 14.7. The van der Waals surface area contributed by atoms with Crippen LogP contribution in [0.2, 0.25) is 0 Å². The average Bonchev–Trinajstić information content (AvgIpc) is 2.75. The van der Waals surface area contributed by atoms with Gasteiger partial charge in [-0.25, -0.2) is 4.39 Å². The maximum atomic E-state index is 13.4. The molecule has 0 aliphatic carbocycles. The first-order valence-corrected chi connectivity index (χ1v) is 5.51. The molecule has 2 N–H and O–H groups in total. The van der Waals surface area contributed by atoms with Gasteiger partial charge in [0.1, 0.15) is 5.82 Å². The smallest absolute Gasteiger partial charge is 0.227 e. The van der Waals surface area contributed by atoms with Crippen molar-refractivity contribution in [3.05, 3.63) is 29.6 Å². The number of carbonyl (C=O) groups excluding carboxylic acids is 1. The van der Waals surface area contributed by atoms with Gasteiger partial charge >= 0.3 is 0 Å². The summed E-state index contributed by atoms with van der Waals surface area (Å²) in [7, 11) is 0. The predicted molar refractivity (Wildman–Crippen MR) is 63.9 cm³/mol. The third-order valence-electron chi connectivity index (χ3n) is 2.66. The van der Waals surface area contributed by atoms with Gasteiger partial charge in [0, 0.05) is 18.7 Å². The zero-order chi connectivity index (χ0) is 12.3. The maximum absolute atomic E-state index is 13.4. The Morgan fingerprint density at radius 2 is 2.29 bits per heavy atom. The molecule has 0 bridgehead atoms. The van der Waals surface area contributed by atoms with Crippen molar-refractivity contribution in [3.8, 4) is 11.8 Å². The number of amides is 1. The van der Waals surface area contributed by atoms with E-state index < -0.39 is 0 Å².